The van der Waals surface area contributed by atoms with Crippen LogP contribution in [0.3, 0.4) is 0 Å². The van der Waals surface area contributed by atoms with Gasteiger partial charge in [-0.05, 0) is 44.9 Å². The number of Topliss-reactive ketones (excluding diaryl/α,β-unsaturated/α-hetero) is 1. The van der Waals surface area contributed by atoms with Gasteiger partial charge in [-0.3, -0.25) is 4.79 Å². The fraction of sp³-hybridized carbons (Fsp3) is 0.867. The second-order valence-corrected chi connectivity index (χ2v) is 7.43. The van der Waals surface area contributed by atoms with Crippen molar-refractivity contribution in [1.82, 2.24) is 5.32 Å². The summed E-state index contributed by atoms with van der Waals surface area (Å²) in [5.41, 5.74) is -0.597. The third-order valence-corrected chi connectivity index (χ3v) is 4.60. The predicted octanol–water partition coefficient (Wildman–Crippen LogP) is 2.90. The van der Waals surface area contributed by atoms with Gasteiger partial charge in [-0.25, -0.2) is 4.79 Å². The van der Waals surface area contributed by atoms with Crippen molar-refractivity contribution >= 4 is 11.9 Å². The van der Waals surface area contributed by atoms with Crippen molar-refractivity contribution in [1.29, 1.82) is 0 Å². The zero-order valence-electron chi connectivity index (χ0n) is 12.6. The molecule has 1 amide bonds. The van der Waals surface area contributed by atoms with Crippen LogP contribution in [0.5, 0.6) is 0 Å². The molecule has 3 fully saturated rings. The molecule has 0 saturated heterocycles. The molecule has 3 aliphatic carbocycles. The summed E-state index contributed by atoms with van der Waals surface area (Å²) >= 11 is 0. The van der Waals surface area contributed by atoms with Crippen molar-refractivity contribution in [3.05, 3.63) is 0 Å². The molecular weight excluding hydrogens is 242 g/mol. The minimum Gasteiger partial charge on any atom is -0.444 e. The van der Waals surface area contributed by atoms with E-state index in [2.05, 4.69) is 19.2 Å². The number of rotatable bonds is 1. The van der Waals surface area contributed by atoms with Crippen LogP contribution in [0.15, 0.2) is 0 Å². The summed E-state index contributed by atoms with van der Waals surface area (Å²) in [5, 5.41) is 3.00. The van der Waals surface area contributed by atoms with E-state index in [0.717, 1.165) is 12.8 Å². The van der Waals surface area contributed by atoms with Gasteiger partial charge in [0.15, 0.2) is 0 Å². The van der Waals surface area contributed by atoms with E-state index < -0.39 is 5.60 Å². The largest absolute Gasteiger partial charge is 0.444 e. The number of alkyl carbamates (subject to hydrolysis) is 1. The summed E-state index contributed by atoms with van der Waals surface area (Å²) in [4.78, 5) is 23.9. The van der Waals surface area contributed by atoms with Crippen molar-refractivity contribution in [2.75, 3.05) is 0 Å². The summed E-state index contributed by atoms with van der Waals surface area (Å²) in [6, 6.07) is 0.0406. The van der Waals surface area contributed by atoms with E-state index in [1.165, 1.54) is 0 Å². The van der Waals surface area contributed by atoms with Crippen LogP contribution in [-0.2, 0) is 9.53 Å². The maximum Gasteiger partial charge on any atom is 0.407 e. The molecule has 0 radical (unpaired) electrons. The van der Waals surface area contributed by atoms with Gasteiger partial charge in [-0.1, -0.05) is 13.8 Å². The van der Waals surface area contributed by atoms with Gasteiger partial charge < -0.3 is 10.1 Å². The molecule has 0 aromatic heterocycles. The number of carbonyl (C=O) groups is 2. The number of nitrogens with one attached hydrogen (secondary N) is 1. The third-order valence-electron chi connectivity index (χ3n) is 4.60. The first-order valence-electron chi connectivity index (χ1n) is 7.15. The van der Waals surface area contributed by atoms with Crippen molar-refractivity contribution in [3.8, 4) is 0 Å². The van der Waals surface area contributed by atoms with E-state index in [1.54, 1.807) is 0 Å². The van der Waals surface area contributed by atoms with Crippen LogP contribution >= 0.6 is 0 Å². The lowest BCUT2D eigenvalue weighted by molar-refractivity contribution is -0.139. The van der Waals surface area contributed by atoms with E-state index in [-0.39, 0.29) is 29.4 Å². The van der Waals surface area contributed by atoms with Crippen LogP contribution < -0.4 is 5.32 Å². The molecule has 0 aromatic carbocycles. The SMILES string of the molecule is C[C@H]1[C@H]2CC[C@@](C)(CC2=O)[C@H]1NC(=O)OC(C)(C)C. The first-order chi connectivity index (χ1) is 8.62. The molecule has 108 valence electrons. The van der Waals surface area contributed by atoms with Crippen LogP contribution in [0.2, 0.25) is 0 Å². The van der Waals surface area contributed by atoms with Crippen molar-refractivity contribution in [3.63, 3.8) is 0 Å². The molecule has 0 aliphatic heterocycles. The molecule has 2 bridgehead atoms. The quantitative estimate of drug-likeness (QED) is 0.794. The number of amides is 1. The highest BCUT2D eigenvalue weighted by Crippen LogP contribution is 2.51. The summed E-state index contributed by atoms with van der Waals surface area (Å²) in [6.07, 6.45) is 2.19. The van der Waals surface area contributed by atoms with E-state index in [4.69, 9.17) is 4.74 Å². The third kappa shape index (κ3) is 2.77. The maximum absolute atomic E-state index is 12.0. The van der Waals surface area contributed by atoms with Gasteiger partial charge in [0.25, 0.3) is 0 Å². The number of hydrogen-bond acceptors (Lipinski definition) is 3. The Hall–Kier alpha value is -1.06. The maximum atomic E-state index is 12.0. The molecule has 1 N–H and O–H groups in total. The zero-order chi connectivity index (χ0) is 14.4. The van der Waals surface area contributed by atoms with E-state index in [1.807, 2.05) is 20.8 Å². The average Bonchev–Trinajstić information content (AvgIpc) is 2.20. The Morgan fingerprint density at radius 1 is 1.42 bits per heavy atom. The van der Waals surface area contributed by atoms with Crippen LogP contribution in [-0.4, -0.2) is 23.5 Å². The number of fused-ring (bicyclic) bond motifs is 3. The molecule has 3 rings (SSSR count). The zero-order valence-corrected chi connectivity index (χ0v) is 12.6. The second kappa shape index (κ2) is 4.50. The molecule has 3 aliphatic rings. The van der Waals surface area contributed by atoms with Crippen LogP contribution in [0.25, 0.3) is 0 Å². The Kier molecular flexibility index (Phi) is 3.40. The Morgan fingerprint density at radius 3 is 2.53 bits per heavy atom. The smallest absolute Gasteiger partial charge is 0.407 e. The minimum absolute atomic E-state index is 0.0406. The lowest BCUT2D eigenvalue weighted by Gasteiger charge is -2.53. The van der Waals surface area contributed by atoms with Gasteiger partial charge in [0.05, 0.1) is 0 Å². The predicted molar refractivity (Wildman–Crippen MR) is 72.8 cm³/mol. The van der Waals surface area contributed by atoms with E-state index >= 15 is 0 Å². The Morgan fingerprint density at radius 2 is 2.05 bits per heavy atom. The van der Waals surface area contributed by atoms with Gasteiger partial charge >= 0.3 is 6.09 Å². The van der Waals surface area contributed by atoms with Crippen molar-refractivity contribution in [2.45, 2.75) is 65.5 Å². The first kappa shape index (κ1) is 14.4. The first-order valence-corrected chi connectivity index (χ1v) is 7.15. The monoisotopic (exact) mass is 267 g/mol. The second-order valence-electron chi connectivity index (χ2n) is 7.43. The number of carbonyl (C=O) groups excluding carboxylic acids is 2. The molecule has 19 heavy (non-hydrogen) atoms. The normalized spacial score (nSPS) is 38.2. The minimum atomic E-state index is -0.488. The summed E-state index contributed by atoms with van der Waals surface area (Å²) in [7, 11) is 0. The van der Waals surface area contributed by atoms with Crippen molar-refractivity contribution in [2.24, 2.45) is 17.3 Å². The molecule has 0 unspecified atom stereocenters. The van der Waals surface area contributed by atoms with Gasteiger partial charge in [-0.15, -0.1) is 0 Å². The fourth-order valence-corrected chi connectivity index (χ4v) is 3.69. The number of hydrogen-bond donors (Lipinski definition) is 1. The van der Waals surface area contributed by atoms with E-state index in [0.29, 0.717) is 12.2 Å². The summed E-state index contributed by atoms with van der Waals surface area (Å²) in [6.45, 7) is 9.75. The highest BCUT2D eigenvalue weighted by atomic mass is 16.6. The van der Waals surface area contributed by atoms with Crippen LogP contribution in [0, 0.1) is 17.3 Å². The average molecular weight is 267 g/mol. The fourth-order valence-electron chi connectivity index (χ4n) is 3.69. The van der Waals surface area contributed by atoms with E-state index in [9.17, 15) is 9.59 Å². The van der Waals surface area contributed by atoms with Gasteiger partial charge in [0.2, 0.25) is 0 Å². The van der Waals surface area contributed by atoms with Crippen LogP contribution in [0.1, 0.15) is 53.9 Å². The topological polar surface area (TPSA) is 55.4 Å². The standard InChI is InChI=1S/C15H25NO3/c1-9-10-6-7-15(5,8-11(10)17)12(9)16-13(18)19-14(2,3)4/h9-10,12H,6-8H2,1-5H3,(H,16,18)/t9-,10+,12-,15-/m0/s1. The lowest BCUT2D eigenvalue weighted by atomic mass is 9.54. The van der Waals surface area contributed by atoms with Gasteiger partial charge in [-0.2, -0.15) is 0 Å². The Balaban J connectivity index is 2.08. The summed E-state index contributed by atoms with van der Waals surface area (Å²) < 4.78 is 5.33. The molecular formula is C15H25NO3. The van der Waals surface area contributed by atoms with Crippen molar-refractivity contribution < 1.29 is 14.3 Å². The highest BCUT2D eigenvalue weighted by molar-refractivity contribution is 5.84. The molecule has 4 nitrogen and oxygen atoms in total. The Labute approximate surface area is 115 Å². The number of ether oxygens (including phenoxy) is 1. The lowest BCUT2D eigenvalue weighted by Crippen LogP contribution is -2.61. The molecule has 0 spiro atoms. The van der Waals surface area contributed by atoms with Gasteiger partial charge in [0, 0.05) is 18.4 Å². The molecule has 4 heteroatoms. The molecule has 4 atom stereocenters. The van der Waals surface area contributed by atoms with Gasteiger partial charge in [0.1, 0.15) is 11.4 Å². The molecule has 3 saturated carbocycles. The highest BCUT2D eigenvalue weighted by Gasteiger charge is 2.53. The van der Waals surface area contributed by atoms with Crippen LogP contribution in [0.4, 0.5) is 4.79 Å². The summed E-state index contributed by atoms with van der Waals surface area (Å²) in [5.74, 6) is 0.678. The Bertz CT molecular complexity index is 399. The molecule has 0 heterocycles. The number of ketones is 1. The molecule has 0 aromatic rings.